The van der Waals surface area contributed by atoms with Gasteiger partial charge in [-0.3, -0.25) is 20.2 Å². The molecule has 0 heterocycles. The highest BCUT2D eigenvalue weighted by molar-refractivity contribution is 6.16. The highest BCUT2D eigenvalue weighted by Crippen LogP contribution is 2.31. The molecule has 0 aliphatic carbocycles. The largest absolute Gasteiger partial charge is 0.465 e. The van der Waals surface area contributed by atoms with Gasteiger partial charge in [0, 0.05) is 0 Å². The highest BCUT2D eigenvalue weighted by atomic mass is 19.4. The minimum Gasteiger partial charge on any atom is -0.465 e. The number of ether oxygens (including phenoxy) is 2. The van der Waals surface area contributed by atoms with E-state index >= 15 is 0 Å². The fourth-order valence-corrected chi connectivity index (χ4v) is 2.60. The average Bonchev–Trinajstić information content (AvgIpc) is 2.84. The summed E-state index contributed by atoms with van der Waals surface area (Å²) in [4.78, 5) is 41.6. The Morgan fingerprint density at radius 2 is 0.921 bits per heavy atom. The van der Waals surface area contributed by atoms with Gasteiger partial charge in [-0.2, -0.15) is 26.3 Å². The van der Waals surface area contributed by atoms with Gasteiger partial charge in [0.25, 0.3) is 0 Å². The molecule has 16 heteroatoms. The number of alkyl halides is 6. The van der Waals surface area contributed by atoms with Crippen LogP contribution in [0.1, 0.15) is 22.3 Å². The second-order valence-corrected chi connectivity index (χ2v) is 6.79. The lowest BCUT2D eigenvalue weighted by Gasteiger charge is -2.08. The number of benzene rings is 2. The molecule has 0 saturated heterocycles. The molecule has 0 saturated carbocycles. The van der Waals surface area contributed by atoms with Crippen molar-refractivity contribution in [2.24, 2.45) is 0 Å². The normalized spacial score (nSPS) is 12.1. The Balaban J connectivity index is 0.000000380. The molecule has 0 atom stereocenters. The first-order valence-corrected chi connectivity index (χ1v) is 9.73. The molecule has 0 radical (unpaired) electrons. The Morgan fingerprint density at radius 3 is 1.11 bits per heavy atom. The van der Waals surface area contributed by atoms with Crippen LogP contribution in [0.25, 0.3) is 11.1 Å². The summed E-state index contributed by atoms with van der Waals surface area (Å²) in [5, 5.41) is 20.7. The standard InChI is InChI=1S/2C11H8F3NO4/c2*1-19-10(16)9(6-15(17)18)7-2-4-8(5-3-7)11(12,13)14/h2*2-6H,1H3/b2*9-6-. The van der Waals surface area contributed by atoms with Gasteiger partial charge in [-0.25, -0.2) is 9.59 Å². The number of carbonyl (C=O) groups is 2. The summed E-state index contributed by atoms with van der Waals surface area (Å²) in [5.41, 5.74) is -2.75. The molecule has 204 valence electrons. The molecule has 0 bridgehead atoms. The minimum atomic E-state index is -4.52. The quantitative estimate of drug-likeness (QED) is 0.161. The monoisotopic (exact) mass is 550 g/mol. The lowest BCUT2D eigenvalue weighted by molar-refractivity contribution is -0.401. The van der Waals surface area contributed by atoms with Crippen LogP contribution in [0.4, 0.5) is 26.3 Å². The molecule has 0 aliphatic rings. The van der Waals surface area contributed by atoms with Crippen molar-refractivity contribution >= 4 is 23.1 Å². The third kappa shape index (κ3) is 9.36. The first kappa shape index (κ1) is 31.3. The van der Waals surface area contributed by atoms with Gasteiger partial charge in [0.05, 0.1) is 35.2 Å². The first-order valence-electron chi connectivity index (χ1n) is 9.73. The van der Waals surface area contributed by atoms with Crippen LogP contribution in [0.5, 0.6) is 0 Å². The SMILES string of the molecule is COC(=O)/C(=C\[N+](=O)[O-])c1ccc(C(F)(F)F)cc1.COC(=O)/C(=C\[N+](=O)[O-])c1ccc(C(F)(F)F)cc1. The molecule has 0 aromatic heterocycles. The van der Waals surface area contributed by atoms with Crippen LogP contribution in [-0.4, -0.2) is 36.0 Å². The summed E-state index contributed by atoms with van der Waals surface area (Å²) in [5.74, 6) is -2.01. The van der Waals surface area contributed by atoms with E-state index in [2.05, 4.69) is 9.47 Å². The van der Waals surface area contributed by atoms with Crippen molar-refractivity contribution in [2.45, 2.75) is 12.4 Å². The van der Waals surface area contributed by atoms with Crippen molar-refractivity contribution in [2.75, 3.05) is 14.2 Å². The summed E-state index contributed by atoms with van der Waals surface area (Å²) < 4.78 is 82.7. The maximum atomic E-state index is 12.3. The van der Waals surface area contributed by atoms with E-state index < -0.39 is 56.4 Å². The number of hydrogen-bond donors (Lipinski definition) is 0. The molecular weight excluding hydrogens is 534 g/mol. The Labute approximate surface area is 209 Å². The minimum absolute atomic E-state index is 0.0310. The molecule has 2 aromatic carbocycles. The molecule has 2 aromatic rings. The van der Waals surface area contributed by atoms with Crippen LogP contribution in [-0.2, 0) is 31.4 Å². The zero-order valence-electron chi connectivity index (χ0n) is 19.2. The molecular formula is C22H16F6N2O8. The van der Waals surface area contributed by atoms with E-state index in [1.54, 1.807) is 0 Å². The van der Waals surface area contributed by atoms with Crippen LogP contribution >= 0.6 is 0 Å². The first-order chi connectivity index (χ1) is 17.5. The molecule has 0 amide bonds. The smallest absolute Gasteiger partial charge is 0.416 e. The molecule has 0 N–H and O–H groups in total. The Bertz CT molecular complexity index is 1140. The second kappa shape index (κ2) is 13.0. The van der Waals surface area contributed by atoms with Gasteiger partial charge in [-0.1, -0.05) is 24.3 Å². The summed E-state index contributed by atoms with van der Waals surface area (Å²) in [6.07, 6.45) is -8.27. The predicted octanol–water partition coefficient (Wildman–Crippen LogP) is 4.99. The molecule has 10 nitrogen and oxygen atoms in total. The Morgan fingerprint density at radius 1 is 0.658 bits per heavy atom. The fraction of sp³-hybridized carbons (Fsp3) is 0.182. The molecule has 38 heavy (non-hydrogen) atoms. The van der Waals surface area contributed by atoms with Crippen LogP contribution in [0, 0.1) is 20.2 Å². The third-order valence-corrected chi connectivity index (χ3v) is 4.33. The molecule has 0 fully saturated rings. The Kier molecular flexibility index (Phi) is 10.7. The molecule has 0 aliphatic heterocycles. The summed E-state index contributed by atoms with van der Waals surface area (Å²) in [6, 6.07) is 6.78. The number of carbonyl (C=O) groups excluding carboxylic acids is 2. The number of rotatable bonds is 6. The number of nitro groups is 2. The summed E-state index contributed by atoms with van der Waals surface area (Å²) in [6.45, 7) is 0. The van der Waals surface area contributed by atoms with E-state index in [0.717, 1.165) is 62.8 Å². The van der Waals surface area contributed by atoms with Crippen molar-refractivity contribution in [3.63, 3.8) is 0 Å². The Hall–Kier alpha value is -4.76. The van der Waals surface area contributed by atoms with Gasteiger partial charge < -0.3 is 9.47 Å². The summed E-state index contributed by atoms with van der Waals surface area (Å²) in [7, 11) is 2.03. The van der Waals surface area contributed by atoms with E-state index in [1.807, 2.05) is 0 Å². The predicted molar refractivity (Wildman–Crippen MR) is 117 cm³/mol. The van der Waals surface area contributed by atoms with E-state index in [9.17, 15) is 56.2 Å². The van der Waals surface area contributed by atoms with Crippen LogP contribution in [0.2, 0.25) is 0 Å². The van der Waals surface area contributed by atoms with E-state index in [1.165, 1.54) is 0 Å². The average molecular weight is 550 g/mol. The van der Waals surface area contributed by atoms with Gasteiger partial charge in [0.2, 0.25) is 12.4 Å². The molecule has 0 unspecified atom stereocenters. The second-order valence-electron chi connectivity index (χ2n) is 6.79. The van der Waals surface area contributed by atoms with E-state index in [0.29, 0.717) is 12.4 Å². The lowest BCUT2D eigenvalue weighted by Crippen LogP contribution is -2.08. The summed E-state index contributed by atoms with van der Waals surface area (Å²) >= 11 is 0. The fourth-order valence-electron chi connectivity index (χ4n) is 2.60. The van der Waals surface area contributed by atoms with E-state index in [-0.39, 0.29) is 11.1 Å². The zero-order chi connectivity index (χ0) is 29.3. The van der Waals surface area contributed by atoms with Crippen LogP contribution in [0.3, 0.4) is 0 Å². The topological polar surface area (TPSA) is 139 Å². The van der Waals surface area contributed by atoms with Crippen LogP contribution < -0.4 is 0 Å². The van der Waals surface area contributed by atoms with Gasteiger partial charge in [-0.05, 0) is 35.4 Å². The van der Waals surface area contributed by atoms with Gasteiger partial charge in [0.15, 0.2) is 0 Å². The number of nitrogens with zero attached hydrogens (tertiary/aromatic N) is 2. The van der Waals surface area contributed by atoms with Crippen molar-refractivity contribution in [3.05, 3.63) is 103 Å². The molecule has 0 spiro atoms. The number of methoxy groups -OCH3 is 2. The van der Waals surface area contributed by atoms with Crippen molar-refractivity contribution in [1.82, 2.24) is 0 Å². The number of halogens is 6. The van der Waals surface area contributed by atoms with E-state index in [4.69, 9.17) is 0 Å². The van der Waals surface area contributed by atoms with Crippen molar-refractivity contribution in [3.8, 4) is 0 Å². The van der Waals surface area contributed by atoms with Gasteiger partial charge in [-0.15, -0.1) is 0 Å². The molecule has 2 rings (SSSR count). The van der Waals surface area contributed by atoms with Crippen molar-refractivity contribution < 1.29 is 55.3 Å². The third-order valence-electron chi connectivity index (χ3n) is 4.33. The van der Waals surface area contributed by atoms with Gasteiger partial charge >= 0.3 is 24.3 Å². The zero-order valence-corrected chi connectivity index (χ0v) is 19.2. The maximum Gasteiger partial charge on any atom is 0.416 e. The maximum absolute atomic E-state index is 12.3. The lowest BCUT2D eigenvalue weighted by atomic mass is 10.0. The van der Waals surface area contributed by atoms with Crippen molar-refractivity contribution in [1.29, 1.82) is 0 Å². The number of esters is 2. The highest BCUT2D eigenvalue weighted by Gasteiger charge is 2.31. The number of hydrogen-bond acceptors (Lipinski definition) is 8. The van der Waals surface area contributed by atoms with Crippen LogP contribution in [0.15, 0.2) is 60.9 Å². The van der Waals surface area contributed by atoms with Gasteiger partial charge in [0.1, 0.15) is 11.1 Å².